The quantitative estimate of drug-likeness (QED) is 0.844. The maximum atomic E-state index is 6.16. The molecule has 0 saturated heterocycles. The number of benzene rings is 1. The van der Waals surface area contributed by atoms with E-state index < -0.39 is 0 Å². The van der Waals surface area contributed by atoms with Gasteiger partial charge in [0.1, 0.15) is 5.75 Å². The molecule has 0 spiro atoms. The van der Waals surface area contributed by atoms with E-state index in [0.717, 1.165) is 12.2 Å². The molecule has 0 amide bonds. The van der Waals surface area contributed by atoms with E-state index in [4.69, 9.17) is 10.5 Å². The Kier molecular flexibility index (Phi) is 4.36. The molecule has 1 unspecified atom stereocenters. The first-order chi connectivity index (χ1) is 7.42. The van der Waals surface area contributed by atoms with E-state index in [2.05, 4.69) is 32.9 Å². The van der Waals surface area contributed by atoms with Gasteiger partial charge in [-0.3, -0.25) is 0 Å². The van der Waals surface area contributed by atoms with Gasteiger partial charge in [-0.05, 0) is 36.5 Å². The average molecular weight is 221 g/mol. The fourth-order valence-electron chi connectivity index (χ4n) is 1.76. The molecule has 1 atom stereocenters. The number of hydrogen-bond donors (Lipinski definition) is 1. The van der Waals surface area contributed by atoms with Gasteiger partial charge in [-0.2, -0.15) is 0 Å². The Morgan fingerprint density at radius 2 is 1.75 bits per heavy atom. The van der Waals surface area contributed by atoms with Gasteiger partial charge in [0.2, 0.25) is 0 Å². The molecule has 0 aliphatic rings. The van der Waals surface area contributed by atoms with Gasteiger partial charge in [0.25, 0.3) is 0 Å². The van der Waals surface area contributed by atoms with Gasteiger partial charge in [0.05, 0.1) is 6.61 Å². The smallest absolute Gasteiger partial charge is 0.119 e. The normalized spacial score (nSPS) is 13.6. The van der Waals surface area contributed by atoms with Crippen LogP contribution in [0, 0.1) is 5.41 Å². The standard InChI is InChI=1S/C14H23NO/c1-5-16-12-8-6-11(7-9-12)13(15)10-14(2,3)4/h6-9,13H,5,10,15H2,1-4H3. The van der Waals surface area contributed by atoms with E-state index >= 15 is 0 Å². The number of ether oxygens (including phenoxy) is 1. The topological polar surface area (TPSA) is 35.2 Å². The lowest BCUT2D eigenvalue weighted by molar-refractivity contribution is 0.337. The molecule has 0 fully saturated rings. The lowest BCUT2D eigenvalue weighted by atomic mass is 9.86. The predicted octanol–water partition coefficient (Wildman–Crippen LogP) is 3.52. The van der Waals surface area contributed by atoms with Crippen molar-refractivity contribution in [3.05, 3.63) is 29.8 Å². The van der Waals surface area contributed by atoms with Gasteiger partial charge >= 0.3 is 0 Å². The van der Waals surface area contributed by atoms with Crippen LogP contribution in [-0.4, -0.2) is 6.61 Å². The van der Waals surface area contributed by atoms with E-state index in [0.29, 0.717) is 6.61 Å². The fraction of sp³-hybridized carbons (Fsp3) is 0.571. The highest BCUT2D eigenvalue weighted by Gasteiger charge is 2.16. The Morgan fingerprint density at radius 3 is 2.19 bits per heavy atom. The average Bonchev–Trinajstić information content (AvgIpc) is 2.16. The Morgan fingerprint density at radius 1 is 1.19 bits per heavy atom. The summed E-state index contributed by atoms with van der Waals surface area (Å²) < 4.78 is 5.40. The summed E-state index contributed by atoms with van der Waals surface area (Å²) in [5.41, 5.74) is 7.61. The van der Waals surface area contributed by atoms with Gasteiger partial charge in [-0.25, -0.2) is 0 Å². The Hall–Kier alpha value is -1.02. The van der Waals surface area contributed by atoms with Crippen molar-refractivity contribution in [2.45, 2.75) is 40.2 Å². The van der Waals surface area contributed by atoms with Crippen LogP contribution in [0.1, 0.15) is 45.7 Å². The first-order valence-electron chi connectivity index (χ1n) is 5.91. The second-order valence-electron chi connectivity index (χ2n) is 5.37. The van der Waals surface area contributed by atoms with Crippen molar-refractivity contribution >= 4 is 0 Å². The molecule has 1 rings (SSSR count). The highest BCUT2D eigenvalue weighted by Crippen LogP contribution is 2.28. The summed E-state index contributed by atoms with van der Waals surface area (Å²) in [4.78, 5) is 0. The molecule has 1 aromatic rings. The maximum absolute atomic E-state index is 6.16. The Labute approximate surface area is 98.8 Å². The molecule has 0 aliphatic carbocycles. The summed E-state index contributed by atoms with van der Waals surface area (Å²) in [5.74, 6) is 0.911. The third-order valence-corrected chi connectivity index (χ3v) is 2.45. The Balaban J connectivity index is 2.66. The van der Waals surface area contributed by atoms with Crippen LogP contribution in [0.5, 0.6) is 5.75 Å². The molecule has 90 valence electrons. The summed E-state index contributed by atoms with van der Waals surface area (Å²) in [6.07, 6.45) is 0.987. The lowest BCUT2D eigenvalue weighted by Crippen LogP contribution is -2.18. The zero-order chi connectivity index (χ0) is 12.2. The minimum Gasteiger partial charge on any atom is -0.494 e. The van der Waals surface area contributed by atoms with E-state index in [9.17, 15) is 0 Å². The molecule has 16 heavy (non-hydrogen) atoms. The fourth-order valence-corrected chi connectivity index (χ4v) is 1.76. The van der Waals surface area contributed by atoms with Crippen molar-refractivity contribution in [3.8, 4) is 5.75 Å². The number of hydrogen-bond acceptors (Lipinski definition) is 2. The van der Waals surface area contributed by atoms with Gasteiger partial charge in [0.15, 0.2) is 0 Å². The third kappa shape index (κ3) is 4.23. The number of nitrogens with two attached hydrogens (primary N) is 1. The van der Waals surface area contributed by atoms with Crippen LogP contribution in [0.2, 0.25) is 0 Å². The molecule has 0 bridgehead atoms. The van der Waals surface area contributed by atoms with Crippen molar-refractivity contribution < 1.29 is 4.74 Å². The zero-order valence-electron chi connectivity index (χ0n) is 10.8. The lowest BCUT2D eigenvalue weighted by Gasteiger charge is -2.23. The molecule has 2 N–H and O–H groups in total. The summed E-state index contributed by atoms with van der Waals surface area (Å²) in [6.45, 7) is 9.32. The summed E-state index contributed by atoms with van der Waals surface area (Å²) >= 11 is 0. The van der Waals surface area contributed by atoms with E-state index in [1.807, 2.05) is 19.1 Å². The molecular formula is C14H23NO. The third-order valence-electron chi connectivity index (χ3n) is 2.45. The minimum atomic E-state index is 0.107. The maximum Gasteiger partial charge on any atom is 0.119 e. The highest BCUT2D eigenvalue weighted by molar-refractivity contribution is 5.29. The summed E-state index contributed by atoms with van der Waals surface area (Å²) in [6, 6.07) is 8.20. The van der Waals surface area contributed by atoms with Crippen molar-refractivity contribution in [3.63, 3.8) is 0 Å². The first-order valence-corrected chi connectivity index (χ1v) is 5.91. The molecule has 0 radical (unpaired) electrons. The second-order valence-corrected chi connectivity index (χ2v) is 5.37. The van der Waals surface area contributed by atoms with E-state index in [1.54, 1.807) is 0 Å². The first kappa shape index (κ1) is 13.0. The van der Waals surface area contributed by atoms with Crippen LogP contribution in [0.25, 0.3) is 0 Å². The van der Waals surface area contributed by atoms with Gasteiger partial charge in [0, 0.05) is 6.04 Å². The molecular weight excluding hydrogens is 198 g/mol. The molecule has 0 aromatic heterocycles. The van der Waals surface area contributed by atoms with Crippen LogP contribution in [0.4, 0.5) is 0 Å². The largest absolute Gasteiger partial charge is 0.494 e. The van der Waals surface area contributed by atoms with Crippen LogP contribution in [0.15, 0.2) is 24.3 Å². The van der Waals surface area contributed by atoms with Crippen molar-refractivity contribution in [2.75, 3.05) is 6.61 Å². The van der Waals surface area contributed by atoms with Gasteiger partial charge in [-0.1, -0.05) is 32.9 Å². The van der Waals surface area contributed by atoms with Gasteiger partial charge < -0.3 is 10.5 Å². The van der Waals surface area contributed by atoms with Crippen LogP contribution >= 0.6 is 0 Å². The summed E-state index contributed by atoms with van der Waals surface area (Å²) in [7, 11) is 0. The molecule has 0 saturated carbocycles. The SMILES string of the molecule is CCOc1ccc(C(N)CC(C)(C)C)cc1. The molecule has 2 nitrogen and oxygen atoms in total. The molecule has 0 aliphatic heterocycles. The summed E-state index contributed by atoms with van der Waals surface area (Å²) in [5, 5.41) is 0. The Bertz CT molecular complexity index is 311. The molecule has 1 aromatic carbocycles. The van der Waals surface area contributed by atoms with Gasteiger partial charge in [-0.15, -0.1) is 0 Å². The molecule has 2 heteroatoms. The number of rotatable bonds is 4. The monoisotopic (exact) mass is 221 g/mol. The van der Waals surface area contributed by atoms with E-state index in [1.165, 1.54) is 5.56 Å². The molecule has 0 heterocycles. The zero-order valence-corrected chi connectivity index (χ0v) is 10.8. The van der Waals surface area contributed by atoms with Crippen molar-refractivity contribution in [2.24, 2.45) is 11.1 Å². The van der Waals surface area contributed by atoms with Crippen molar-refractivity contribution in [1.82, 2.24) is 0 Å². The van der Waals surface area contributed by atoms with Crippen molar-refractivity contribution in [1.29, 1.82) is 0 Å². The highest BCUT2D eigenvalue weighted by atomic mass is 16.5. The van der Waals surface area contributed by atoms with Crippen LogP contribution in [-0.2, 0) is 0 Å². The second kappa shape index (κ2) is 5.35. The predicted molar refractivity (Wildman–Crippen MR) is 68.6 cm³/mol. The van der Waals surface area contributed by atoms with Crippen LogP contribution in [0.3, 0.4) is 0 Å². The van der Waals surface area contributed by atoms with Crippen LogP contribution < -0.4 is 10.5 Å². The van der Waals surface area contributed by atoms with E-state index in [-0.39, 0.29) is 11.5 Å². The minimum absolute atomic E-state index is 0.107.